The summed E-state index contributed by atoms with van der Waals surface area (Å²) in [4.78, 5) is 16.7. The van der Waals surface area contributed by atoms with Gasteiger partial charge in [-0.2, -0.15) is 0 Å². The highest BCUT2D eigenvalue weighted by Crippen LogP contribution is 2.27. The zero-order chi connectivity index (χ0) is 20.1. The molecular formula is C23H25FN2O3. The second-order valence-corrected chi connectivity index (χ2v) is 7.32. The van der Waals surface area contributed by atoms with Gasteiger partial charge in [0.05, 0.1) is 13.2 Å². The molecule has 0 saturated carbocycles. The van der Waals surface area contributed by atoms with Crippen LogP contribution in [0.3, 0.4) is 0 Å². The second kappa shape index (κ2) is 9.20. The average Bonchev–Trinajstić information content (AvgIpc) is 2.74. The Morgan fingerprint density at radius 1 is 1.07 bits per heavy atom. The Bertz CT molecular complexity index is 893. The summed E-state index contributed by atoms with van der Waals surface area (Å²) in [7, 11) is 0. The summed E-state index contributed by atoms with van der Waals surface area (Å²) >= 11 is 0. The van der Waals surface area contributed by atoms with Crippen LogP contribution in [0.4, 0.5) is 4.39 Å². The minimum atomic E-state index is -0.332. The zero-order valence-electron chi connectivity index (χ0n) is 16.4. The third kappa shape index (κ3) is 5.22. The van der Waals surface area contributed by atoms with Gasteiger partial charge in [0, 0.05) is 44.9 Å². The summed E-state index contributed by atoms with van der Waals surface area (Å²) in [6.07, 6.45) is 4.43. The Morgan fingerprint density at radius 2 is 1.90 bits per heavy atom. The Balaban J connectivity index is 1.37. The molecule has 0 aromatic heterocycles. The van der Waals surface area contributed by atoms with Gasteiger partial charge in [0.2, 0.25) is 5.91 Å². The largest absolute Gasteiger partial charge is 0.457 e. The van der Waals surface area contributed by atoms with E-state index in [0.717, 1.165) is 44.8 Å². The molecule has 0 spiro atoms. The first-order valence-corrected chi connectivity index (χ1v) is 9.98. The van der Waals surface area contributed by atoms with Crippen LogP contribution in [0.2, 0.25) is 0 Å². The van der Waals surface area contributed by atoms with E-state index in [2.05, 4.69) is 4.90 Å². The van der Waals surface area contributed by atoms with Crippen molar-refractivity contribution in [2.24, 2.45) is 0 Å². The van der Waals surface area contributed by atoms with Crippen molar-refractivity contribution in [2.75, 3.05) is 39.4 Å². The summed E-state index contributed by atoms with van der Waals surface area (Å²) in [6.45, 7) is 5.35. The van der Waals surface area contributed by atoms with E-state index in [1.165, 1.54) is 17.7 Å². The minimum Gasteiger partial charge on any atom is -0.457 e. The lowest BCUT2D eigenvalue weighted by atomic mass is 9.99. The van der Waals surface area contributed by atoms with Crippen molar-refractivity contribution < 1.29 is 18.7 Å². The normalized spacial score (nSPS) is 17.3. The van der Waals surface area contributed by atoms with Crippen molar-refractivity contribution in [2.45, 2.75) is 13.0 Å². The molecule has 0 bridgehead atoms. The van der Waals surface area contributed by atoms with Crippen LogP contribution in [-0.4, -0.2) is 55.1 Å². The first-order valence-electron chi connectivity index (χ1n) is 9.98. The van der Waals surface area contributed by atoms with Crippen LogP contribution >= 0.6 is 0 Å². The molecule has 5 nitrogen and oxygen atoms in total. The number of fused-ring (bicyclic) bond motifs is 1. The molecular weight excluding hydrogens is 371 g/mol. The van der Waals surface area contributed by atoms with Crippen LogP contribution in [0, 0.1) is 5.82 Å². The maximum atomic E-state index is 13.4. The van der Waals surface area contributed by atoms with E-state index in [4.69, 9.17) is 9.47 Å². The Labute approximate surface area is 170 Å². The Kier molecular flexibility index (Phi) is 6.22. The molecule has 4 rings (SSSR count). The number of carbonyl (C=O) groups is 1. The monoisotopic (exact) mass is 396 g/mol. The number of benzene rings is 2. The van der Waals surface area contributed by atoms with E-state index >= 15 is 0 Å². The maximum absolute atomic E-state index is 13.4. The molecule has 0 radical (unpaired) electrons. The van der Waals surface area contributed by atoms with E-state index in [0.29, 0.717) is 24.6 Å². The van der Waals surface area contributed by atoms with E-state index < -0.39 is 0 Å². The number of morpholine rings is 1. The number of amides is 1. The number of ether oxygens (including phenoxy) is 2. The third-order valence-corrected chi connectivity index (χ3v) is 5.26. The van der Waals surface area contributed by atoms with Gasteiger partial charge in [-0.25, -0.2) is 4.39 Å². The molecule has 6 heteroatoms. The summed E-state index contributed by atoms with van der Waals surface area (Å²) < 4.78 is 24.5. The molecule has 2 aliphatic rings. The fourth-order valence-electron chi connectivity index (χ4n) is 3.64. The first-order chi connectivity index (χ1) is 14.2. The van der Waals surface area contributed by atoms with Crippen LogP contribution in [0.5, 0.6) is 11.5 Å². The fourth-order valence-corrected chi connectivity index (χ4v) is 3.64. The van der Waals surface area contributed by atoms with Crippen LogP contribution in [0.1, 0.15) is 11.1 Å². The van der Waals surface area contributed by atoms with Crippen molar-refractivity contribution in [1.82, 2.24) is 9.80 Å². The first kappa shape index (κ1) is 19.6. The van der Waals surface area contributed by atoms with Gasteiger partial charge in [-0.3, -0.25) is 9.69 Å². The SMILES string of the molecule is O=C(/C=C/CN1CCOCC1)N1CCc2ccc(Oc3cccc(F)c3)cc2C1. The number of rotatable bonds is 5. The van der Waals surface area contributed by atoms with Crippen molar-refractivity contribution in [1.29, 1.82) is 0 Å². The summed E-state index contributed by atoms with van der Waals surface area (Å²) in [5.41, 5.74) is 2.29. The number of nitrogens with zero attached hydrogens (tertiary/aromatic N) is 2. The second-order valence-electron chi connectivity index (χ2n) is 7.32. The van der Waals surface area contributed by atoms with Crippen LogP contribution in [0.15, 0.2) is 54.6 Å². The summed E-state index contributed by atoms with van der Waals surface area (Å²) in [6, 6.07) is 11.9. The van der Waals surface area contributed by atoms with Crippen LogP contribution < -0.4 is 4.74 Å². The van der Waals surface area contributed by atoms with Crippen LogP contribution in [0.25, 0.3) is 0 Å². The molecule has 0 atom stereocenters. The molecule has 2 aliphatic heterocycles. The molecule has 1 fully saturated rings. The number of carbonyl (C=O) groups excluding carboxylic acids is 1. The van der Waals surface area contributed by atoms with Gasteiger partial charge < -0.3 is 14.4 Å². The molecule has 152 valence electrons. The Hall–Kier alpha value is -2.70. The predicted molar refractivity (Wildman–Crippen MR) is 108 cm³/mol. The van der Waals surface area contributed by atoms with Gasteiger partial charge in [-0.05, 0) is 41.8 Å². The molecule has 1 saturated heterocycles. The summed E-state index contributed by atoms with van der Waals surface area (Å²) in [5, 5.41) is 0. The minimum absolute atomic E-state index is 0.0281. The van der Waals surface area contributed by atoms with E-state index in [-0.39, 0.29) is 11.7 Å². The van der Waals surface area contributed by atoms with E-state index in [9.17, 15) is 9.18 Å². The molecule has 2 aromatic rings. The predicted octanol–water partition coefficient (Wildman–Crippen LogP) is 3.39. The van der Waals surface area contributed by atoms with Crippen molar-refractivity contribution in [3.05, 3.63) is 71.6 Å². The van der Waals surface area contributed by atoms with Gasteiger partial charge in [-0.15, -0.1) is 0 Å². The summed E-state index contributed by atoms with van der Waals surface area (Å²) in [5.74, 6) is 0.799. The molecule has 29 heavy (non-hydrogen) atoms. The van der Waals surface area contributed by atoms with Crippen molar-refractivity contribution in [3.8, 4) is 11.5 Å². The molecule has 0 unspecified atom stereocenters. The highest BCUT2D eigenvalue weighted by Gasteiger charge is 2.20. The molecule has 2 heterocycles. The van der Waals surface area contributed by atoms with Crippen molar-refractivity contribution >= 4 is 5.91 Å². The van der Waals surface area contributed by atoms with Gasteiger partial charge in [-0.1, -0.05) is 18.2 Å². The molecule has 1 amide bonds. The lowest BCUT2D eigenvalue weighted by molar-refractivity contribution is -0.126. The number of hydrogen-bond donors (Lipinski definition) is 0. The number of hydrogen-bond acceptors (Lipinski definition) is 4. The number of halogens is 1. The van der Waals surface area contributed by atoms with Gasteiger partial charge >= 0.3 is 0 Å². The fraction of sp³-hybridized carbons (Fsp3) is 0.348. The highest BCUT2D eigenvalue weighted by atomic mass is 19.1. The van der Waals surface area contributed by atoms with Crippen LogP contribution in [-0.2, 0) is 22.5 Å². The standard InChI is InChI=1S/C23H25FN2O3/c24-20-3-1-4-21(16-20)29-22-7-6-18-8-10-26(17-19(18)15-22)23(27)5-2-9-25-11-13-28-14-12-25/h1-7,15-16H,8-14,17H2/b5-2+. The average molecular weight is 396 g/mol. The van der Waals surface area contributed by atoms with Gasteiger partial charge in [0.1, 0.15) is 17.3 Å². The van der Waals surface area contributed by atoms with Crippen molar-refractivity contribution in [3.63, 3.8) is 0 Å². The molecule has 0 aliphatic carbocycles. The smallest absolute Gasteiger partial charge is 0.246 e. The topological polar surface area (TPSA) is 42.0 Å². The lowest BCUT2D eigenvalue weighted by Gasteiger charge is -2.28. The third-order valence-electron chi connectivity index (χ3n) is 5.26. The van der Waals surface area contributed by atoms with Gasteiger partial charge in [0.25, 0.3) is 0 Å². The lowest BCUT2D eigenvalue weighted by Crippen LogP contribution is -2.37. The molecule has 0 N–H and O–H groups in total. The highest BCUT2D eigenvalue weighted by molar-refractivity contribution is 5.87. The quantitative estimate of drug-likeness (QED) is 0.727. The maximum Gasteiger partial charge on any atom is 0.246 e. The Morgan fingerprint density at radius 3 is 2.72 bits per heavy atom. The van der Waals surface area contributed by atoms with Gasteiger partial charge in [0.15, 0.2) is 0 Å². The van der Waals surface area contributed by atoms with E-state index in [1.54, 1.807) is 18.2 Å². The van der Waals surface area contributed by atoms with E-state index in [1.807, 2.05) is 29.2 Å². The zero-order valence-corrected chi connectivity index (χ0v) is 16.4. The molecule has 2 aromatic carbocycles.